The molecule has 0 spiro atoms. The first-order valence-electron chi connectivity index (χ1n) is 4.49. The van der Waals surface area contributed by atoms with Crippen LogP contribution >= 0.6 is 0 Å². The van der Waals surface area contributed by atoms with Gasteiger partial charge in [0.15, 0.2) is 0 Å². The summed E-state index contributed by atoms with van der Waals surface area (Å²) >= 11 is 0. The van der Waals surface area contributed by atoms with E-state index in [1.54, 1.807) is 11.8 Å². The van der Waals surface area contributed by atoms with E-state index in [1.165, 1.54) is 7.11 Å². The van der Waals surface area contributed by atoms with Crippen molar-refractivity contribution in [1.29, 1.82) is 0 Å². The molecule has 0 aromatic heterocycles. The van der Waals surface area contributed by atoms with Crippen molar-refractivity contribution in [1.82, 2.24) is 4.90 Å². The van der Waals surface area contributed by atoms with Crippen molar-refractivity contribution < 1.29 is 14.3 Å². The van der Waals surface area contributed by atoms with Crippen LogP contribution in [-0.2, 0) is 9.53 Å². The van der Waals surface area contributed by atoms with E-state index in [4.69, 9.17) is 0 Å². The Balaban J connectivity index is 2.53. The van der Waals surface area contributed by atoms with Gasteiger partial charge in [0, 0.05) is 19.0 Å². The molecule has 1 aliphatic rings. The van der Waals surface area contributed by atoms with Crippen molar-refractivity contribution >= 4 is 11.9 Å². The summed E-state index contributed by atoms with van der Waals surface area (Å²) in [6.45, 7) is 2.26. The Morgan fingerprint density at radius 1 is 1.54 bits per heavy atom. The highest BCUT2D eigenvalue weighted by Crippen LogP contribution is 2.20. The summed E-state index contributed by atoms with van der Waals surface area (Å²) in [5, 5.41) is 0. The number of nitrogens with zero attached hydrogens (tertiary/aromatic N) is 1. The Kier molecular flexibility index (Phi) is 3.28. The third-order valence-electron chi connectivity index (χ3n) is 2.31. The number of Topliss-reactive ketones (excluding diaryl/α,β-unsaturated/α-hetero) is 1. The van der Waals surface area contributed by atoms with Gasteiger partial charge in [0.2, 0.25) is 0 Å². The molecule has 1 atom stereocenters. The summed E-state index contributed by atoms with van der Waals surface area (Å²) in [5.74, 6) is 0.126. The second-order valence-electron chi connectivity index (χ2n) is 3.37. The Morgan fingerprint density at radius 3 is 2.77 bits per heavy atom. The smallest absolute Gasteiger partial charge is 0.409 e. The van der Waals surface area contributed by atoms with Crippen LogP contribution in [0, 0.1) is 0 Å². The number of amides is 1. The first-order valence-corrected chi connectivity index (χ1v) is 4.49. The van der Waals surface area contributed by atoms with Gasteiger partial charge >= 0.3 is 6.09 Å². The van der Waals surface area contributed by atoms with E-state index in [9.17, 15) is 9.59 Å². The lowest BCUT2D eigenvalue weighted by atomic mass is 10.1. The van der Waals surface area contributed by atoms with Crippen molar-refractivity contribution in [3.05, 3.63) is 0 Å². The second kappa shape index (κ2) is 4.25. The first kappa shape index (κ1) is 10.0. The molecule has 1 heterocycles. The van der Waals surface area contributed by atoms with Crippen LogP contribution in [-0.4, -0.2) is 36.5 Å². The molecule has 1 rings (SSSR count). The summed E-state index contributed by atoms with van der Waals surface area (Å²) in [4.78, 5) is 23.7. The lowest BCUT2D eigenvalue weighted by Crippen LogP contribution is -2.36. The number of hydrogen-bond acceptors (Lipinski definition) is 3. The molecular weight excluding hydrogens is 170 g/mol. The number of carbonyl (C=O) groups is 2. The summed E-state index contributed by atoms with van der Waals surface area (Å²) in [6.07, 6.45) is 2.01. The number of rotatable bonds is 2. The number of hydrogen-bond donors (Lipinski definition) is 0. The van der Waals surface area contributed by atoms with E-state index in [0.717, 1.165) is 12.8 Å². The zero-order valence-corrected chi connectivity index (χ0v) is 8.08. The highest BCUT2D eigenvalue weighted by atomic mass is 16.5. The highest BCUT2D eigenvalue weighted by molar-refractivity contribution is 5.77. The predicted octanol–water partition coefficient (Wildman–Crippen LogP) is 1.20. The molecule has 0 saturated carbocycles. The average Bonchev–Trinajstić information content (AvgIpc) is 2.50. The van der Waals surface area contributed by atoms with Gasteiger partial charge in [0.1, 0.15) is 5.78 Å². The molecule has 0 aromatic rings. The largest absolute Gasteiger partial charge is 0.453 e. The molecule has 0 bridgehead atoms. The minimum atomic E-state index is -0.316. The number of likely N-dealkylation sites (tertiary alicyclic amines) is 1. The van der Waals surface area contributed by atoms with Gasteiger partial charge in [-0.2, -0.15) is 0 Å². The standard InChI is InChI=1S/C9H15NO3/c1-7(11)6-8-4-3-5-10(8)9(12)13-2/h8H,3-6H2,1-2H3/t8-/m0/s1. The average molecular weight is 185 g/mol. The van der Waals surface area contributed by atoms with Crippen LogP contribution in [0.4, 0.5) is 4.79 Å². The van der Waals surface area contributed by atoms with Crippen molar-refractivity contribution in [2.24, 2.45) is 0 Å². The van der Waals surface area contributed by atoms with Gasteiger partial charge in [-0.3, -0.25) is 4.79 Å². The van der Waals surface area contributed by atoms with E-state index in [0.29, 0.717) is 13.0 Å². The molecule has 0 aliphatic carbocycles. The van der Waals surface area contributed by atoms with Gasteiger partial charge < -0.3 is 9.64 Å². The maximum atomic E-state index is 11.2. The monoisotopic (exact) mass is 185 g/mol. The van der Waals surface area contributed by atoms with Crippen molar-refractivity contribution in [3.8, 4) is 0 Å². The molecule has 4 heteroatoms. The third kappa shape index (κ3) is 2.44. The molecule has 1 aliphatic heterocycles. The lowest BCUT2D eigenvalue weighted by Gasteiger charge is -2.21. The zero-order valence-electron chi connectivity index (χ0n) is 8.08. The normalized spacial score (nSPS) is 21.7. The first-order chi connectivity index (χ1) is 6.15. The summed E-state index contributed by atoms with van der Waals surface area (Å²) in [7, 11) is 1.37. The van der Waals surface area contributed by atoms with Crippen molar-refractivity contribution in [2.45, 2.75) is 32.2 Å². The van der Waals surface area contributed by atoms with Gasteiger partial charge in [-0.25, -0.2) is 4.79 Å². The van der Waals surface area contributed by atoms with Crippen molar-refractivity contribution in [2.75, 3.05) is 13.7 Å². The topological polar surface area (TPSA) is 46.6 Å². The van der Waals surface area contributed by atoms with Crippen LogP contribution < -0.4 is 0 Å². The third-order valence-corrected chi connectivity index (χ3v) is 2.31. The summed E-state index contributed by atoms with van der Waals surface area (Å²) in [6, 6.07) is 0.0601. The van der Waals surface area contributed by atoms with Crippen LogP contribution in [0.1, 0.15) is 26.2 Å². The summed E-state index contributed by atoms with van der Waals surface area (Å²) < 4.78 is 4.62. The Morgan fingerprint density at radius 2 is 2.23 bits per heavy atom. The minimum absolute atomic E-state index is 0.0601. The highest BCUT2D eigenvalue weighted by Gasteiger charge is 2.29. The molecule has 4 nitrogen and oxygen atoms in total. The number of ether oxygens (including phenoxy) is 1. The van der Waals surface area contributed by atoms with Crippen LogP contribution in [0.15, 0.2) is 0 Å². The minimum Gasteiger partial charge on any atom is -0.453 e. The molecule has 0 radical (unpaired) electrons. The van der Waals surface area contributed by atoms with E-state index in [1.807, 2.05) is 0 Å². The van der Waals surface area contributed by atoms with Crippen LogP contribution in [0.25, 0.3) is 0 Å². The maximum Gasteiger partial charge on any atom is 0.409 e. The van der Waals surface area contributed by atoms with Crippen LogP contribution in [0.2, 0.25) is 0 Å². The second-order valence-corrected chi connectivity index (χ2v) is 3.37. The Bertz CT molecular complexity index is 215. The molecule has 1 saturated heterocycles. The van der Waals surface area contributed by atoms with E-state index < -0.39 is 0 Å². The van der Waals surface area contributed by atoms with Crippen LogP contribution in [0.5, 0.6) is 0 Å². The lowest BCUT2D eigenvalue weighted by molar-refractivity contribution is -0.117. The van der Waals surface area contributed by atoms with Gasteiger partial charge in [0.25, 0.3) is 0 Å². The van der Waals surface area contributed by atoms with E-state index in [2.05, 4.69) is 4.74 Å². The zero-order chi connectivity index (χ0) is 9.84. The number of carbonyl (C=O) groups excluding carboxylic acids is 2. The summed E-state index contributed by atoms with van der Waals surface area (Å²) in [5.41, 5.74) is 0. The predicted molar refractivity (Wildman–Crippen MR) is 47.4 cm³/mol. The number of ketones is 1. The van der Waals surface area contributed by atoms with Gasteiger partial charge in [0.05, 0.1) is 7.11 Å². The maximum absolute atomic E-state index is 11.2. The SMILES string of the molecule is COC(=O)N1CCC[C@H]1CC(C)=O. The fourth-order valence-corrected chi connectivity index (χ4v) is 1.74. The van der Waals surface area contributed by atoms with Crippen molar-refractivity contribution in [3.63, 3.8) is 0 Å². The molecule has 0 unspecified atom stereocenters. The van der Waals surface area contributed by atoms with Gasteiger partial charge in [-0.1, -0.05) is 0 Å². The molecule has 1 amide bonds. The molecule has 0 N–H and O–H groups in total. The van der Waals surface area contributed by atoms with E-state index >= 15 is 0 Å². The molecule has 0 aromatic carbocycles. The Labute approximate surface area is 77.8 Å². The quantitative estimate of drug-likeness (QED) is 0.649. The van der Waals surface area contributed by atoms with E-state index in [-0.39, 0.29) is 17.9 Å². The molecule has 1 fully saturated rings. The fourth-order valence-electron chi connectivity index (χ4n) is 1.74. The molecule has 74 valence electrons. The Hall–Kier alpha value is -1.06. The molecule has 13 heavy (non-hydrogen) atoms. The van der Waals surface area contributed by atoms with Gasteiger partial charge in [-0.15, -0.1) is 0 Å². The molecular formula is C9H15NO3. The van der Waals surface area contributed by atoms with Crippen LogP contribution in [0.3, 0.4) is 0 Å². The fraction of sp³-hybridized carbons (Fsp3) is 0.778. The number of methoxy groups -OCH3 is 1. The van der Waals surface area contributed by atoms with Gasteiger partial charge in [-0.05, 0) is 19.8 Å².